The molecule has 1 aromatic rings. The second-order valence-corrected chi connectivity index (χ2v) is 6.89. The molecule has 3 heterocycles. The van der Waals surface area contributed by atoms with Gasteiger partial charge in [0, 0.05) is 31.1 Å². The molecule has 0 unspecified atom stereocenters. The van der Waals surface area contributed by atoms with Crippen LogP contribution in [0.4, 0.5) is 0 Å². The Morgan fingerprint density at radius 2 is 2.15 bits per heavy atom. The first-order chi connectivity index (χ1) is 9.61. The molecule has 2 atom stereocenters. The average molecular weight is 294 g/mol. The molecule has 2 aliphatic rings. The topological polar surface area (TPSA) is 32.8 Å². The Hall–Kier alpha value is -0.910. The van der Waals surface area contributed by atoms with Crippen molar-refractivity contribution in [3.63, 3.8) is 0 Å². The molecule has 0 N–H and O–H groups in total. The molecule has 1 saturated heterocycles. The lowest BCUT2D eigenvalue weighted by Crippen LogP contribution is -2.50. The van der Waals surface area contributed by atoms with Crippen molar-refractivity contribution in [1.29, 1.82) is 0 Å². The van der Waals surface area contributed by atoms with E-state index in [-0.39, 0.29) is 18.1 Å². The number of thiophene rings is 1. The highest BCUT2D eigenvalue weighted by Gasteiger charge is 2.27. The van der Waals surface area contributed by atoms with Gasteiger partial charge in [-0.1, -0.05) is 0 Å². The predicted molar refractivity (Wildman–Crippen MR) is 79.9 cm³/mol. The molecule has 0 spiro atoms. The molecule has 0 aromatic carbocycles. The van der Waals surface area contributed by atoms with Crippen molar-refractivity contribution in [2.45, 2.75) is 39.0 Å². The molecule has 3 rings (SSSR count). The number of morpholine rings is 1. The maximum atomic E-state index is 12.5. The zero-order valence-corrected chi connectivity index (χ0v) is 13.0. The minimum absolute atomic E-state index is 0.219. The van der Waals surface area contributed by atoms with Gasteiger partial charge < -0.3 is 9.64 Å². The first-order valence-electron chi connectivity index (χ1n) is 7.32. The van der Waals surface area contributed by atoms with Gasteiger partial charge >= 0.3 is 0 Å². The minimum Gasteiger partial charge on any atom is -0.373 e. The van der Waals surface area contributed by atoms with Crippen LogP contribution in [-0.4, -0.2) is 54.1 Å². The van der Waals surface area contributed by atoms with E-state index in [4.69, 9.17) is 4.74 Å². The first-order valence-corrected chi connectivity index (χ1v) is 8.20. The van der Waals surface area contributed by atoms with Crippen LogP contribution in [0.15, 0.2) is 11.4 Å². The maximum absolute atomic E-state index is 12.5. The summed E-state index contributed by atoms with van der Waals surface area (Å²) >= 11 is 1.81. The van der Waals surface area contributed by atoms with Crippen molar-refractivity contribution in [3.05, 3.63) is 21.9 Å². The Bertz CT molecular complexity index is 478. The van der Waals surface area contributed by atoms with Gasteiger partial charge in [0.05, 0.1) is 18.8 Å². The second-order valence-electron chi connectivity index (χ2n) is 5.89. The molecule has 4 nitrogen and oxygen atoms in total. The largest absolute Gasteiger partial charge is 0.373 e. The van der Waals surface area contributed by atoms with Crippen LogP contribution in [-0.2, 0) is 22.5 Å². The first kappa shape index (κ1) is 14.0. The fraction of sp³-hybridized carbons (Fsp3) is 0.667. The molecule has 0 bridgehead atoms. The van der Waals surface area contributed by atoms with Crippen LogP contribution in [0.5, 0.6) is 0 Å². The molecule has 2 aliphatic heterocycles. The fourth-order valence-corrected chi connectivity index (χ4v) is 4.06. The SMILES string of the molecule is C[C@@H]1CN(CC(=O)N2CCc3sccc3C2)C[C@H](C)O1. The lowest BCUT2D eigenvalue weighted by molar-refractivity contribution is -0.136. The highest BCUT2D eigenvalue weighted by Crippen LogP contribution is 2.24. The average Bonchev–Trinajstić information content (AvgIpc) is 2.84. The van der Waals surface area contributed by atoms with E-state index in [1.807, 2.05) is 16.2 Å². The van der Waals surface area contributed by atoms with Crippen LogP contribution >= 0.6 is 11.3 Å². The van der Waals surface area contributed by atoms with E-state index in [0.717, 1.165) is 32.6 Å². The summed E-state index contributed by atoms with van der Waals surface area (Å²) < 4.78 is 5.71. The number of rotatable bonds is 2. The third-order valence-electron chi connectivity index (χ3n) is 4.01. The van der Waals surface area contributed by atoms with Crippen molar-refractivity contribution < 1.29 is 9.53 Å². The molecular formula is C15H22N2O2S. The molecule has 1 aromatic heterocycles. The van der Waals surface area contributed by atoms with E-state index in [1.54, 1.807) is 0 Å². The van der Waals surface area contributed by atoms with Crippen molar-refractivity contribution in [2.75, 3.05) is 26.2 Å². The fourth-order valence-electron chi connectivity index (χ4n) is 3.17. The quantitative estimate of drug-likeness (QED) is 0.833. The Balaban J connectivity index is 1.57. The van der Waals surface area contributed by atoms with Crippen LogP contribution in [0.3, 0.4) is 0 Å². The van der Waals surface area contributed by atoms with E-state index in [0.29, 0.717) is 6.54 Å². The summed E-state index contributed by atoms with van der Waals surface area (Å²) in [5, 5.41) is 2.13. The number of fused-ring (bicyclic) bond motifs is 1. The highest BCUT2D eigenvalue weighted by atomic mass is 32.1. The van der Waals surface area contributed by atoms with Gasteiger partial charge in [-0.2, -0.15) is 0 Å². The third kappa shape index (κ3) is 3.05. The highest BCUT2D eigenvalue weighted by molar-refractivity contribution is 7.10. The number of hydrogen-bond donors (Lipinski definition) is 0. The van der Waals surface area contributed by atoms with Crippen LogP contribution in [0, 0.1) is 0 Å². The zero-order chi connectivity index (χ0) is 14.1. The number of carbonyl (C=O) groups excluding carboxylic acids is 1. The van der Waals surface area contributed by atoms with E-state index in [9.17, 15) is 4.79 Å². The Morgan fingerprint density at radius 3 is 2.90 bits per heavy atom. The number of ether oxygens (including phenoxy) is 1. The Kier molecular flexibility index (Phi) is 4.10. The number of hydrogen-bond acceptors (Lipinski definition) is 4. The second kappa shape index (κ2) is 5.84. The summed E-state index contributed by atoms with van der Waals surface area (Å²) in [5.74, 6) is 0.253. The summed E-state index contributed by atoms with van der Waals surface area (Å²) in [5.41, 5.74) is 1.33. The standard InChI is InChI=1S/C15H22N2O2S/c1-11-7-16(8-12(2)19-11)10-15(18)17-5-3-14-13(9-17)4-6-20-14/h4,6,11-12H,3,5,7-10H2,1-2H3/t11-,12+. The number of amides is 1. The summed E-state index contributed by atoms with van der Waals surface area (Å²) in [6, 6.07) is 2.15. The molecular weight excluding hydrogens is 272 g/mol. The monoisotopic (exact) mass is 294 g/mol. The van der Waals surface area contributed by atoms with Crippen LogP contribution in [0.25, 0.3) is 0 Å². The van der Waals surface area contributed by atoms with Gasteiger partial charge in [-0.3, -0.25) is 9.69 Å². The van der Waals surface area contributed by atoms with Crippen molar-refractivity contribution in [1.82, 2.24) is 9.80 Å². The molecule has 0 radical (unpaired) electrons. The zero-order valence-electron chi connectivity index (χ0n) is 12.2. The minimum atomic E-state index is 0.219. The molecule has 110 valence electrons. The lowest BCUT2D eigenvalue weighted by Gasteiger charge is -2.36. The van der Waals surface area contributed by atoms with Gasteiger partial charge in [0.2, 0.25) is 5.91 Å². The number of carbonyl (C=O) groups is 1. The molecule has 20 heavy (non-hydrogen) atoms. The van der Waals surface area contributed by atoms with Gasteiger partial charge in [-0.05, 0) is 37.3 Å². The van der Waals surface area contributed by atoms with Crippen molar-refractivity contribution in [2.24, 2.45) is 0 Å². The van der Waals surface area contributed by atoms with Gasteiger partial charge in [0.15, 0.2) is 0 Å². The molecule has 1 fully saturated rings. The Labute approximate surface area is 124 Å². The van der Waals surface area contributed by atoms with Crippen LogP contribution < -0.4 is 0 Å². The Morgan fingerprint density at radius 1 is 1.40 bits per heavy atom. The van der Waals surface area contributed by atoms with Crippen LogP contribution in [0.1, 0.15) is 24.3 Å². The summed E-state index contributed by atoms with van der Waals surface area (Å²) in [6.07, 6.45) is 1.45. The maximum Gasteiger partial charge on any atom is 0.237 e. The summed E-state index contributed by atoms with van der Waals surface area (Å²) in [6.45, 7) is 8.03. The normalized spacial score (nSPS) is 27.4. The van der Waals surface area contributed by atoms with Gasteiger partial charge in [0.1, 0.15) is 0 Å². The van der Waals surface area contributed by atoms with Crippen molar-refractivity contribution in [3.8, 4) is 0 Å². The van der Waals surface area contributed by atoms with Crippen LogP contribution in [0.2, 0.25) is 0 Å². The third-order valence-corrected chi connectivity index (χ3v) is 5.04. The molecule has 0 aliphatic carbocycles. The predicted octanol–water partition coefficient (Wildman–Crippen LogP) is 1.74. The lowest BCUT2D eigenvalue weighted by atomic mass is 10.1. The molecule has 0 saturated carbocycles. The summed E-state index contributed by atoms with van der Waals surface area (Å²) in [4.78, 5) is 18.1. The molecule has 5 heteroatoms. The van der Waals surface area contributed by atoms with Gasteiger partial charge in [-0.25, -0.2) is 0 Å². The van der Waals surface area contributed by atoms with E-state index in [2.05, 4.69) is 30.2 Å². The summed E-state index contributed by atoms with van der Waals surface area (Å²) in [7, 11) is 0. The molecule has 1 amide bonds. The van der Waals surface area contributed by atoms with E-state index >= 15 is 0 Å². The van der Waals surface area contributed by atoms with Gasteiger partial charge in [0.25, 0.3) is 0 Å². The smallest absolute Gasteiger partial charge is 0.237 e. The van der Waals surface area contributed by atoms with Crippen molar-refractivity contribution >= 4 is 17.2 Å². The van der Waals surface area contributed by atoms with E-state index in [1.165, 1.54) is 10.4 Å². The van der Waals surface area contributed by atoms with Gasteiger partial charge in [-0.15, -0.1) is 11.3 Å². The number of nitrogens with zero attached hydrogens (tertiary/aromatic N) is 2. The van der Waals surface area contributed by atoms with E-state index < -0.39 is 0 Å².